The minimum Gasteiger partial charge on any atom is -0.393 e. The summed E-state index contributed by atoms with van der Waals surface area (Å²) in [6.07, 6.45) is 4.34. The van der Waals surface area contributed by atoms with Crippen LogP contribution in [0.1, 0.15) is 46.0 Å². The predicted molar refractivity (Wildman–Crippen MR) is 63.7 cm³/mol. The average Bonchev–Trinajstić information content (AvgIpc) is 2.59. The third-order valence-electron chi connectivity index (χ3n) is 3.59. The standard InChI is InChI=1S/C13H24O3/c1-3-9-5-10(4-2)11(6-9)7-12(14)8-13(15)16/h6,10-16H,3-5,7-8H2,1-2H3. The molecule has 1 rings (SSSR count). The van der Waals surface area contributed by atoms with Gasteiger partial charge in [0, 0.05) is 6.42 Å². The van der Waals surface area contributed by atoms with E-state index < -0.39 is 12.4 Å². The van der Waals surface area contributed by atoms with Gasteiger partial charge in [-0.1, -0.05) is 31.9 Å². The second kappa shape index (κ2) is 6.38. The molecule has 3 nitrogen and oxygen atoms in total. The molecule has 0 aromatic rings. The van der Waals surface area contributed by atoms with Crippen molar-refractivity contribution >= 4 is 0 Å². The summed E-state index contributed by atoms with van der Waals surface area (Å²) in [5.74, 6) is 1.04. The van der Waals surface area contributed by atoms with Crippen LogP contribution in [0, 0.1) is 11.8 Å². The van der Waals surface area contributed by atoms with Crippen molar-refractivity contribution in [2.75, 3.05) is 0 Å². The first-order valence-electron chi connectivity index (χ1n) is 6.30. The average molecular weight is 228 g/mol. The van der Waals surface area contributed by atoms with Crippen molar-refractivity contribution < 1.29 is 15.3 Å². The Bertz CT molecular complexity index is 235. The van der Waals surface area contributed by atoms with Crippen LogP contribution in [0.5, 0.6) is 0 Å². The molecule has 1 aliphatic carbocycles. The van der Waals surface area contributed by atoms with Crippen molar-refractivity contribution in [1.82, 2.24) is 0 Å². The molecular weight excluding hydrogens is 204 g/mol. The summed E-state index contributed by atoms with van der Waals surface area (Å²) in [6, 6.07) is 0. The van der Waals surface area contributed by atoms with Crippen LogP contribution >= 0.6 is 0 Å². The van der Waals surface area contributed by atoms with Gasteiger partial charge < -0.3 is 15.3 Å². The monoisotopic (exact) mass is 228 g/mol. The summed E-state index contributed by atoms with van der Waals surface area (Å²) in [4.78, 5) is 0. The van der Waals surface area contributed by atoms with Gasteiger partial charge in [0.1, 0.15) is 0 Å². The van der Waals surface area contributed by atoms with Crippen LogP contribution in [0.2, 0.25) is 0 Å². The Morgan fingerprint density at radius 2 is 2.00 bits per heavy atom. The van der Waals surface area contributed by atoms with Gasteiger partial charge in [0.25, 0.3) is 0 Å². The molecule has 1 aliphatic rings. The number of allylic oxidation sites excluding steroid dienone is 2. The van der Waals surface area contributed by atoms with Crippen LogP contribution in [0.25, 0.3) is 0 Å². The van der Waals surface area contributed by atoms with E-state index in [1.807, 2.05) is 0 Å². The van der Waals surface area contributed by atoms with Gasteiger partial charge >= 0.3 is 0 Å². The first-order chi connectivity index (χ1) is 7.56. The van der Waals surface area contributed by atoms with E-state index in [0.29, 0.717) is 18.3 Å². The van der Waals surface area contributed by atoms with Crippen molar-refractivity contribution in [3.63, 3.8) is 0 Å². The number of aliphatic hydroxyl groups excluding tert-OH is 2. The molecular formula is C13H24O3. The summed E-state index contributed by atoms with van der Waals surface area (Å²) < 4.78 is 0. The first kappa shape index (κ1) is 13.7. The van der Waals surface area contributed by atoms with Gasteiger partial charge in [0.2, 0.25) is 0 Å². The van der Waals surface area contributed by atoms with Gasteiger partial charge in [-0.3, -0.25) is 0 Å². The Kier molecular flexibility index (Phi) is 5.46. The summed E-state index contributed by atoms with van der Waals surface area (Å²) >= 11 is 0. The Morgan fingerprint density at radius 1 is 1.31 bits per heavy atom. The van der Waals surface area contributed by atoms with E-state index in [4.69, 9.17) is 10.2 Å². The SMILES string of the molecule is CCC1=CC(CC(O)CC(O)O)C(CC)C1. The van der Waals surface area contributed by atoms with Crippen molar-refractivity contribution in [2.24, 2.45) is 11.8 Å². The molecule has 3 atom stereocenters. The molecule has 0 saturated heterocycles. The van der Waals surface area contributed by atoms with E-state index in [0.717, 1.165) is 19.3 Å². The molecule has 0 radical (unpaired) electrons. The minimum atomic E-state index is -1.40. The van der Waals surface area contributed by atoms with Gasteiger partial charge in [-0.25, -0.2) is 0 Å². The number of aliphatic hydroxyl groups is 3. The second-order valence-corrected chi connectivity index (χ2v) is 4.82. The normalized spacial score (nSPS) is 27.2. The first-order valence-corrected chi connectivity index (χ1v) is 6.30. The molecule has 0 fully saturated rings. The molecule has 0 aromatic heterocycles. The Labute approximate surface area is 97.8 Å². The van der Waals surface area contributed by atoms with Crippen LogP contribution < -0.4 is 0 Å². The number of hydrogen-bond acceptors (Lipinski definition) is 3. The molecule has 0 spiro atoms. The molecule has 0 bridgehead atoms. The van der Waals surface area contributed by atoms with Gasteiger partial charge in [0.15, 0.2) is 6.29 Å². The molecule has 3 heteroatoms. The Morgan fingerprint density at radius 3 is 2.50 bits per heavy atom. The van der Waals surface area contributed by atoms with Crippen LogP contribution in [0.3, 0.4) is 0 Å². The van der Waals surface area contributed by atoms with Crippen LogP contribution in [0.4, 0.5) is 0 Å². The zero-order valence-corrected chi connectivity index (χ0v) is 10.3. The van der Waals surface area contributed by atoms with Gasteiger partial charge in [-0.05, 0) is 31.1 Å². The van der Waals surface area contributed by atoms with E-state index in [2.05, 4.69) is 19.9 Å². The highest BCUT2D eigenvalue weighted by Crippen LogP contribution is 2.37. The maximum atomic E-state index is 9.70. The highest BCUT2D eigenvalue weighted by molar-refractivity contribution is 5.13. The third kappa shape index (κ3) is 3.89. The molecule has 0 aromatic carbocycles. The van der Waals surface area contributed by atoms with Crippen molar-refractivity contribution in [1.29, 1.82) is 0 Å². The molecule has 94 valence electrons. The molecule has 0 heterocycles. The minimum absolute atomic E-state index is 0.0578. The Hall–Kier alpha value is -0.380. The summed E-state index contributed by atoms with van der Waals surface area (Å²) in [7, 11) is 0. The van der Waals surface area contributed by atoms with E-state index in [-0.39, 0.29) is 6.42 Å². The lowest BCUT2D eigenvalue weighted by Crippen LogP contribution is -2.21. The quantitative estimate of drug-likeness (QED) is 0.480. The third-order valence-corrected chi connectivity index (χ3v) is 3.59. The molecule has 0 aliphatic heterocycles. The van der Waals surface area contributed by atoms with E-state index in [9.17, 15) is 5.11 Å². The summed E-state index contributed by atoms with van der Waals surface area (Å²) in [6.45, 7) is 4.34. The summed E-state index contributed by atoms with van der Waals surface area (Å²) in [5, 5.41) is 27.3. The lowest BCUT2D eigenvalue weighted by atomic mass is 9.87. The fourth-order valence-corrected chi connectivity index (χ4v) is 2.62. The van der Waals surface area contributed by atoms with E-state index in [1.54, 1.807) is 0 Å². The topological polar surface area (TPSA) is 60.7 Å². The Balaban J connectivity index is 2.47. The van der Waals surface area contributed by atoms with Gasteiger partial charge in [0.05, 0.1) is 6.10 Å². The maximum Gasteiger partial charge on any atom is 0.153 e. The maximum absolute atomic E-state index is 9.70. The number of rotatable bonds is 6. The molecule has 3 unspecified atom stereocenters. The smallest absolute Gasteiger partial charge is 0.153 e. The van der Waals surface area contributed by atoms with E-state index in [1.165, 1.54) is 5.57 Å². The van der Waals surface area contributed by atoms with Crippen molar-refractivity contribution in [2.45, 2.75) is 58.3 Å². The predicted octanol–water partition coefficient (Wildman–Crippen LogP) is 1.82. The summed E-state index contributed by atoms with van der Waals surface area (Å²) in [5.41, 5.74) is 1.48. The zero-order chi connectivity index (χ0) is 12.1. The van der Waals surface area contributed by atoms with Crippen LogP contribution in [-0.4, -0.2) is 27.7 Å². The lowest BCUT2D eigenvalue weighted by molar-refractivity contribution is -0.0726. The zero-order valence-electron chi connectivity index (χ0n) is 10.3. The molecule has 0 amide bonds. The van der Waals surface area contributed by atoms with Crippen LogP contribution in [0.15, 0.2) is 11.6 Å². The molecule has 0 saturated carbocycles. The largest absolute Gasteiger partial charge is 0.393 e. The molecule has 3 N–H and O–H groups in total. The second-order valence-electron chi connectivity index (χ2n) is 4.82. The molecule has 16 heavy (non-hydrogen) atoms. The number of hydrogen-bond donors (Lipinski definition) is 3. The fraction of sp³-hybridized carbons (Fsp3) is 0.846. The lowest BCUT2D eigenvalue weighted by Gasteiger charge is -2.21. The van der Waals surface area contributed by atoms with Crippen molar-refractivity contribution in [3.8, 4) is 0 Å². The highest BCUT2D eigenvalue weighted by Gasteiger charge is 2.27. The van der Waals surface area contributed by atoms with E-state index >= 15 is 0 Å². The van der Waals surface area contributed by atoms with Gasteiger partial charge in [-0.2, -0.15) is 0 Å². The fourth-order valence-electron chi connectivity index (χ4n) is 2.62. The highest BCUT2D eigenvalue weighted by atomic mass is 16.5. The van der Waals surface area contributed by atoms with Crippen LogP contribution in [-0.2, 0) is 0 Å². The van der Waals surface area contributed by atoms with Gasteiger partial charge in [-0.15, -0.1) is 0 Å². The van der Waals surface area contributed by atoms with Crippen molar-refractivity contribution in [3.05, 3.63) is 11.6 Å².